The Hall–Kier alpha value is -1.24. The summed E-state index contributed by atoms with van der Waals surface area (Å²) in [6.07, 6.45) is 0. The van der Waals surface area contributed by atoms with Crippen LogP contribution in [0, 0.1) is 0 Å². The van der Waals surface area contributed by atoms with Gasteiger partial charge < -0.3 is 0 Å². The van der Waals surface area contributed by atoms with Crippen LogP contribution in [0.25, 0.3) is 11.1 Å². The summed E-state index contributed by atoms with van der Waals surface area (Å²) in [6, 6.07) is 9.45. The Morgan fingerprint density at radius 3 is 1.41 bits per heavy atom. The molecule has 0 bridgehead atoms. The first kappa shape index (κ1) is 12.2. The Morgan fingerprint density at radius 2 is 0.941 bits per heavy atom. The van der Waals surface area contributed by atoms with E-state index in [4.69, 9.17) is 39.2 Å². The van der Waals surface area contributed by atoms with Crippen molar-refractivity contribution >= 4 is 66.5 Å². The van der Waals surface area contributed by atoms with Crippen molar-refractivity contribution in [3.8, 4) is 11.1 Å². The lowest BCUT2D eigenvalue weighted by Crippen LogP contribution is -2.55. The van der Waals surface area contributed by atoms with Gasteiger partial charge in [0.15, 0.2) is 0 Å². The van der Waals surface area contributed by atoms with Gasteiger partial charge in [-0.1, -0.05) is 41.3 Å². The van der Waals surface area contributed by atoms with E-state index in [2.05, 4.69) is 0 Å². The molecule has 10 radical (unpaired) electrons. The van der Waals surface area contributed by atoms with E-state index in [9.17, 15) is 0 Å². The summed E-state index contributed by atoms with van der Waals surface area (Å²) in [4.78, 5) is 0. The summed E-state index contributed by atoms with van der Waals surface area (Å²) in [7, 11) is 29.2. The fraction of sp³-hybridized carbons (Fsp3) is 0. The minimum absolute atomic E-state index is 0.236. The summed E-state index contributed by atoms with van der Waals surface area (Å²) in [6.45, 7) is 0. The Morgan fingerprint density at radius 1 is 0.529 bits per heavy atom. The molecule has 0 saturated heterocycles. The monoisotopic (exact) mass is 204 g/mol. The average Bonchev–Trinajstić information content (AvgIpc) is 2.36. The highest BCUT2D eigenvalue weighted by atomic mass is 14.1. The molecule has 0 saturated carbocycles. The molecule has 17 heavy (non-hydrogen) atoms. The van der Waals surface area contributed by atoms with Gasteiger partial charge in [-0.3, -0.25) is 0 Å². The van der Waals surface area contributed by atoms with Gasteiger partial charge in [0.1, 0.15) is 39.2 Å². The first-order valence-corrected chi connectivity index (χ1v) is 5.10. The molecule has 0 unspecified atom stereocenters. The van der Waals surface area contributed by atoms with E-state index >= 15 is 0 Å². The van der Waals surface area contributed by atoms with Gasteiger partial charge in [-0.25, -0.2) is 0 Å². The van der Waals surface area contributed by atoms with Crippen LogP contribution in [0.5, 0.6) is 0 Å². The molecule has 0 aromatic heterocycles. The molecule has 0 heterocycles. The number of rotatable bonds is 1. The summed E-state index contributed by atoms with van der Waals surface area (Å²) in [5.74, 6) is 0. The molecule has 0 amide bonds. The fourth-order valence-electron chi connectivity index (χ4n) is 1.77. The molecule has 0 aliphatic heterocycles. The highest BCUT2D eigenvalue weighted by Crippen LogP contribution is 2.11. The summed E-state index contributed by atoms with van der Waals surface area (Å²) in [5, 5.41) is 0. The minimum atomic E-state index is 0.236. The molecule has 2 rings (SSSR count). The zero-order chi connectivity index (χ0) is 12.6. The van der Waals surface area contributed by atoms with E-state index in [1.54, 1.807) is 0 Å². The second kappa shape index (κ2) is 4.56. The van der Waals surface area contributed by atoms with Gasteiger partial charge in [0.25, 0.3) is 0 Å². The first-order chi connectivity index (χ1) is 8.04. The summed E-state index contributed by atoms with van der Waals surface area (Å²) < 4.78 is 0. The third-order valence-corrected chi connectivity index (χ3v) is 2.76. The van der Waals surface area contributed by atoms with E-state index in [1.165, 1.54) is 0 Å². The molecule has 0 nitrogen and oxygen atoms in total. The van der Waals surface area contributed by atoms with Crippen molar-refractivity contribution in [2.24, 2.45) is 0 Å². The SMILES string of the molecule is [B]c1c([B])c([B])c(-c2ccccc2)c([B])c1[B]. The lowest BCUT2D eigenvalue weighted by molar-refractivity contribution is 1.69. The van der Waals surface area contributed by atoms with Crippen LogP contribution < -0.4 is 27.3 Å². The van der Waals surface area contributed by atoms with E-state index in [-0.39, 0.29) is 16.4 Å². The highest BCUT2D eigenvalue weighted by Gasteiger charge is 2.11. The third-order valence-electron chi connectivity index (χ3n) is 2.76. The number of benzene rings is 2. The quantitative estimate of drug-likeness (QED) is 0.443. The first-order valence-electron chi connectivity index (χ1n) is 5.10. The van der Waals surface area contributed by atoms with Crippen molar-refractivity contribution in [3.05, 3.63) is 30.3 Å². The molecule has 0 aliphatic carbocycles. The van der Waals surface area contributed by atoms with Crippen molar-refractivity contribution in [2.45, 2.75) is 0 Å². The molecule has 2 aromatic carbocycles. The van der Waals surface area contributed by atoms with Crippen molar-refractivity contribution in [1.82, 2.24) is 0 Å². The van der Waals surface area contributed by atoms with Crippen LogP contribution in [0.2, 0.25) is 0 Å². The molecule has 0 atom stereocenters. The van der Waals surface area contributed by atoms with Gasteiger partial charge in [0.2, 0.25) is 0 Å². The zero-order valence-electron chi connectivity index (χ0n) is 9.27. The van der Waals surface area contributed by atoms with Gasteiger partial charge in [0, 0.05) is 0 Å². The molecular formula is C12H5B5. The van der Waals surface area contributed by atoms with E-state index in [0.717, 1.165) is 5.56 Å². The van der Waals surface area contributed by atoms with Gasteiger partial charge in [0.05, 0.1) is 0 Å². The maximum absolute atomic E-state index is 5.94. The van der Waals surface area contributed by atoms with Gasteiger partial charge in [-0.15, -0.1) is 16.4 Å². The molecule has 0 fully saturated rings. The van der Waals surface area contributed by atoms with E-state index < -0.39 is 0 Å². The fourth-order valence-corrected chi connectivity index (χ4v) is 1.77. The van der Waals surface area contributed by atoms with Crippen LogP contribution in [0.4, 0.5) is 0 Å². The molecule has 0 spiro atoms. The second-order valence-corrected chi connectivity index (χ2v) is 3.81. The Balaban J connectivity index is 2.80. The smallest absolute Gasteiger partial charge is 0.112 e. The van der Waals surface area contributed by atoms with Gasteiger partial charge in [-0.05, 0) is 11.1 Å². The lowest BCUT2D eigenvalue weighted by Gasteiger charge is -2.21. The largest absolute Gasteiger partial charge is 0.113 e. The number of hydrogen-bond donors (Lipinski definition) is 0. The Labute approximate surface area is 108 Å². The summed E-state index contributed by atoms with van der Waals surface area (Å²) >= 11 is 0. The Bertz CT molecular complexity index is 534. The predicted octanol–water partition coefficient (Wildman–Crippen LogP) is -2.68. The minimum Gasteiger partial charge on any atom is -0.112 e. The topological polar surface area (TPSA) is 0 Å². The third kappa shape index (κ3) is 1.99. The van der Waals surface area contributed by atoms with Crippen LogP contribution in [-0.2, 0) is 0 Å². The van der Waals surface area contributed by atoms with Crippen LogP contribution in [0.15, 0.2) is 30.3 Å². The second-order valence-electron chi connectivity index (χ2n) is 3.81. The normalized spacial score (nSPS) is 10.4. The molecule has 0 aliphatic rings. The Kier molecular flexibility index (Phi) is 3.28. The average molecular weight is 203 g/mol. The van der Waals surface area contributed by atoms with Crippen LogP contribution in [-0.4, -0.2) is 39.2 Å². The predicted molar refractivity (Wildman–Crippen MR) is 78.8 cm³/mol. The molecule has 2 aromatic rings. The zero-order valence-corrected chi connectivity index (χ0v) is 9.27. The van der Waals surface area contributed by atoms with Crippen molar-refractivity contribution in [3.63, 3.8) is 0 Å². The molecular weight excluding hydrogens is 198 g/mol. The van der Waals surface area contributed by atoms with Crippen LogP contribution >= 0.6 is 0 Å². The lowest BCUT2D eigenvalue weighted by atomic mass is 9.60. The molecule has 0 N–H and O–H groups in total. The van der Waals surface area contributed by atoms with Gasteiger partial charge >= 0.3 is 0 Å². The van der Waals surface area contributed by atoms with Gasteiger partial charge in [-0.2, -0.15) is 0 Å². The molecule has 68 valence electrons. The van der Waals surface area contributed by atoms with Crippen molar-refractivity contribution in [2.75, 3.05) is 0 Å². The van der Waals surface area contributed by atoms with Crippen LogP contribution in [0.1, 0.15) is 0 Å². The highest BCUT2D eigenvalue weighted by molar-refractivity contribution is 6.68. The summed E-state index contributed by atoms with van der Waals surface area (Å²) in [5.41, 5.74) is 3.00. The number of hydrogen-bond acceptors (Lipinski definition) is 0. The van der Waals surface area contributed by atoms with Crippen molar-refractivity contribution < 1.29 is 0 Å². The van der Waals surface area contributed by atoms with E-state index in [1.807, 2.05) is 30.3 Å². The standard InChI is InChI=1S/C12H5B5/c13-8-7(6-4-2-1-3-5-6)9(14)11(16)12(17)10(8)15/h1-5H. The van der Waals surface area contributed by atoms with E-state index in [0.29, 0.717) is 16.5 Å². The maximum Gasteiger partial charge on any atom is 0.113 e. The maximum atomic E-state index is 5.94. The van der Waals surface area contributed by atoms with Crippen molar-refractivity contribution in [1.29, 1.82) is 0 Å². The molecule has 5 heteroatoms. The van der Waals surface area contributed by atoms with Crippen LogP contribution in [0.3, 0.4) is 0 Å².